The zero-order chi connectivity index (χ0) is 23.5. The van der Waals surface area contributed by atoms with E-state index in [1.165, 1.54) is 4.90 Å². The Morgan fingerprint density at radius 1 is 1.12 bits per heavy atom. The molecule has 34 heavy (non-hydrogen) atoms. The van der Waals surface area contributed by atoms with Crippen LogP contribution in [0.25, 0.3) is 17.0 Å². The van der Waals surface area contributed by atoms with Crippen LogP contribution in [-0.4, -0.2) is 45.8 Å². The number of hydrogen-bond acceptors (Lipinski definition) is 5. The minimum absolute atomic E-state index is 0.0902. The SMILES string of the molecule is O=C(Cn1cc(/C=C2\SC(=O)N(Cc3ccccc3)C2=O)c2ccccc21)NC[C@H]1CCCO1. The van der Waals surface area contributed by atoms with Gasteiger partial charge in [0.25, 0.3) is 11.1 Å². The smallest absolute Gasteiger partial charge is 0.293 e. The quantitative estimate of drug-likeness (QED) is 0.519. The number of nitrogens with one attached hydrogen (secondary N) is 1. The lowest BCUT2D eigenvalue weighted by molar-refractivity contribution is -0.123. The fourth-order valence-corrected chi connectivity index (χ4v) is 5.14. The van der Waals surface area contributed by atoms with Crippen LogP contribution in [-0.2, 0) is 27.4 Å². The highest BCUT2D eigenvalue weighted by Gasteiger charge is 2.35. The summed E-state index contributed by atoms with van der Waals surface area (Å²) in [6.07, 6.45) is 5.70. The molecule has 3 amide bonds. The zero-order valence-corrected chi connectivity index (χ0v) is 19.4. The molecule has 1 aromatic heterocycles. The molecule has 1 N–H and O–H groups in total. The van der Waals surface area contributed by atoms with E-state index < -0.39 is 0 Å². The molecule has 2 aliphatic rings. The van der Waals surface area contributed by atoms with Gasteiger partial charge in [-0.3, -0.25) is 19.3 Å². The predicted molar refractivity (Wildman–Crippen MR) is 132 cm³/mol. The molecule has 3 heterocycles. The van der Waals surface area contributed by atoms with Gasteiger partial charge in [-0.2, -0.15) is 0 Å². The summed E-state index contributed by atoms with van der Waals surface area (Å²) in [5, 5.41) is 3.59. The van der Waals surface area contributed by atoms with Gasteiger partial charge in [-0.15, -0.1) is 0 Å². The van der Waals surface area contributed by atoms with Gasteiger partial charge in [0.1, 0.15) is 6.54 Å². The van der Waals surface area contributed by atoms with Crippen molar-refractivity contribution >= 4 is 45.8 Å². The first-order valence-corrected chi connectivity index (χ1v) is 12.2. The first-order chi connectivity index (χ1) is 16.6. The van der Waals surface area contributed by atoms with Crippen LogP contribution in [0.1, 0.15) is 24.0 Å². The van der Waals surface area contributed by atoms with Crippen molar-refractivity contribution in [2.45, 2.75) is 32.0 Å². The molecule has 3 aromatic rings. The van der Waals surface area contributed by atoms with Crippen LogP contribution >= 0.6 is 11.8 Å². The standard InChI is InChI=1S/C26H25N3O4S/c30-24(27-14-20-9-6-12-33-20)17-28-16-19(21-10-4-5-11-22(21)28)13-23-25(31)29(26(32)34-23)15-18-7-2-1-3-8-18/h1-5,7-8,10-11,13,16,20H,6,9,12,14-15,17H2,(H,27,30)/b23-13-/t20-/m1/s1. The van der Waals surface area contributed by atoms with E-state index in [1.807, 2.05) is 65.4 Å². The van der Waals surface area contributed by atoms with E-state index in [-0.39, 0.29) is 36.2 Å². The molecule has 0 spiro atoms. The third-order valence-corrected chi connectivity index (χ3v) is 6.94. The fourth-order valence-electron chi connectivity index (χ4n) is 4.31. The summed E-state index contributed by atoms with van der Waals surface area (Å²) < 4.78 is 7.45. The van der Waals surface area contributed by atoms with Gasteiger partial charge in [0.2, 0.25) is 5.91 Å². The monoisotopic (exact) mass is 475 g/mol. The van der Waals surface area contributed by atoms with Crippen LogP contribution < -0.4 is 5.32 Å². The highest BCUT2D eigenvalue weighted by Crippen LogP contribution is 2.35. The molecule has 0 bridgehead atoms. The van der Waals surface area contributed by atoms with Gasteiger partial charge in [-0.1, -0.05) is 48.5 Å². The largest absolute Gasteiger partial charge is 0.376 e. The Labute approximate surface area is 201 Å². The minimum Gasteiger partial charge on any atom is -0.376 e. The Balaban J connectivity index is 1.35. The molecule has 2 fully saturated rings. The normalized spacial score (nSPS) is 19.5. The Morgan fingerprint density at radius 2 is 1.91 bits per heavy atom. The summed E-state index contributed by atoms with van der Waals surface area (Å²) in [7, 11) is 0. The van der Waals surface area contributed by atoms with E-state index in [0.29, 0.717) is 11.4 Å². The zero-order valence-electron chi connectivity index (χ0n) is 18.6. The molecule has 2 aliphatic heterocycles. The van der Waals surface area contributed by atoms with Gasteiger partial charge >= 0.3 is 0 Å². The van der Waals surface area contributed by atoms with Gasteiger partial charge in [0, 0.05) is 35.8 Å². The number of rotatable bonds is 7. The number of thioether (sulfide) groups is 1. The number of nitrogens with zero attached hydrogens (tertiary/aromatic N) is 2. The number of amides is 3. The van der Waals surface area contributed by atoms with Crippen LogP contribution in [0.2, 0.25) is 0 Å². The van der Waals surface area contributed by atoms with Gasteiger partial charge < -0.3 is 14.6 Å². The first-order valence-electron chi connectivity index (χ1n) is 11.3. The molecule has 8 heteroatoms. The number of carbonyl (C=O) groups is 3. The number of fused-ring (bicyclic) bond motifs is 1. The summed E-state index contributed by atoms with van der Waals surface area (Å²) in [5.74, 6) is -0.393. The predicted octanol–water partition coefficient (Wildman–Crippen LogP) is 4.17. The fraction of sp³-hybridized carbons (Fsp3) is 0.269. The number of carbonyl (C=O) groups excluding carboxylic acids is 3. The summed E-state index contributed by atoms with van der Waals surface area (Å²) in [6.45, 7) is 1.67. The molecule has 174 valence electrons. The van der Waals surface area contributed by atoms with E-state index in [1.54, 1.807) is 6.08 Å². The Hall–Kier alpha value is -3.36. The molecule has 0 unspecified atom stereocenters. The second kappa shape index (κ2) is 9.87. The topological polar surface area (TPSA) is 80.6 Å². The van der Waals surface area contributed by atoms with Gasteiger partial charge in [0.15, 0.2) is 0 Å². The summed E-state index contributed by atoms with van der Waals surface area (Å²) >= 11 is 0.946. The van der Waals surface area contributed by atoms with Crippen molar-refractivity contribution in [1.29, 1.82) is 0 Å². The van der Waals surface area contributed by atoms with Crippen molar-refractivity contribution in [1.82, 2.24) is 14.8 Å². The summed E-state index contributed by atoms with van der Waals surface area (Å²) in [5.41, 5.74) is 2.59. The summed E-state index contributed by atoms with van der Waals surface area (Å²) in [4.78, 5) is 39.7. The maximum absolute atomic E-state index is 13.0. The van der Waals surface area contributed by atoms with Crippen LogP contribution in [0.3, 0.4) is 0 Å². The molecule has 7 nitrogen and oxygen atoms in total. The van der Waals surface area contributed by atoms with E-state index in [4.69, 9.17) is 4.74 Å². The highest BCUT2D eigenvalue weighted by atomic mass is 32.2. The number of ether oxygens (including phenoxy) is 1. The third-order valence-electron chi connectivity index (χ3n) is 6.03. The number of para-hydroxylation sites is 1. The van der Waals surface area contributed by atoms with Gasteiger partial charge in [-0.05, 0) is 42.3 Å². The van der Waals surface area contributed by atoms with Crippen molar-refractivity contribution < 1.29 is 19.1 Å². The first kappa shape index (κ1) is 22.4. The average Bonchev–Trinajstić information content (AvgIpc) is 3.55. The van der Waals surface area contributed by atoms with E-state index >= 15 is 0 Å². The maximum Gasteiger partial charge on any atom is 0.293 e. The van der Waals surface area contributed by atoms with E-state index in [0.717, 1.165) is 53.2 Å². The average molecular weight is 476 g/mol. The van der Waals surface area contributed by atoms with Crippen molar-refractivity contribution in [3.8, 4) is 0 Å². The van der Waals surface area contributed by atoms with Crippen LogP contribution in [0.5, 0.6) is 0 Å². The van der Waals surface area contributed by atoms with Crippen LogP contribution in [0.15, 0.2) is 65.7 Å². The van der Waals surface area contributed by atoms with E-state index in [2.05, 4.69) is 5.32 Å². The molecule has 5 rings (SSSR count). The molecule has 2 aromatic carbocycles. The van der Waals surface area contributed by atoms with Gasteiger partial charge in [0.05, 0.1) is 17.6 Å². The van der Waals surface area contributed by atoms with Crippen LogP contribution in [0.4, 0.5) is 4.79 Å². The highest BCUT2D eigenvalue weighted by molar-refractivity contribution is 8.18. The molecule has 0 saturated carbocycles. The van der Waals surface area contributed by atoms with Crippen molar-refractivity contribution in [2.24, 2.45) is 0 Å². The Kier molecular flexibility index (Phi) is 6.51. The molecular formula is C26H25N3O4S. The van der Waals surface area contributed by atoms with Crippen molar-refractivity contribution in [3.63, 3.8) is 0 Å². The number of imide groups is 1. The lowest BCUT2D eigenvalue weighted by Crippen LogP contribution is -2.34. The molecular weight excluding hydrogens is 450 g/mol. The van der Waals surface area contributed by atoms with Gasteiger partial charge in [-0.25, -0.2) is 0 Å². The third kappa shape index (κ3) is 4.78. The van der Waals surface area contributed by atoms with E-state index in [9.17, 15) is 14.4 Å². The lowest BCUT2D eigenvalue weighted by atomic mass is 10.1. The van der Waals surface area contributed by atoms with Crippen molar-refractivity contribution in [2.75, 3.05) is 13.2 Å². The molecule has 0 aliphatic carbocycles. The number of aromatic nitrogens is 1. The minimum atomic E-state index is -0.301. The molecule has 2 saturated heterocycles. The molecule has 0 radical (unpaired) electrons. The second-order valence-corrected chi connectivity index (χ2v) is 9.42. The lowest BCUT2D eigenvalue weighted by Gasteiger charge is -2.12. The maximum atomic E-state index is 13.0. The summed E-state index contributed by atoms with van der Waals surface area (Å²) in [6, 6.07) is 17.2. The Morgan fingerprint density at radius 3 is 2.71 bits per heavy atom. The number of benzene rings is 2. The Bertz CT molecular complexity index is 1260. The number of hydrogen-bond donors (Lipinski definition) is 1. The second-order valence-electron chi connectivity index (χ2n) is 8.42. The van der Waals surface area contributed by atoms with Crippen molar-refractivity contribution in [3.05, 3.63) is 76.8 Å². The van der Waals surface area contributed by atoms with Crippen LogP contribution in [0, 0.1) is 0 Å². The molecule has 1 atom stereocenters.